The van der Waals surface area contributed by atoms with Gasteiger partial charge < -0.3 is 14.8 Å². The maximum absolute atomic E-state index is 12.8. The van der Waals surface area contributed by atoms with Crippen LogP contribution in [0.25, 0.3) is 22.8 Å². The molecule has 0 saturated heterocycles. The normalized spacial score (nSPS) is 11.0. The molecule has 2 heterocycles. The molecule has 9 nitrogen and oxygen atoms in total. The van der Waals surface area contributed by atoms with E-state index in [1.54, 1.807) is 37.3 Å². The van der Waals surface area contributed by atoms with Gasteiger partial charge in [-0.05, 0) is 55.3 Å². The van der Waals surface area contributed by atoms with Gasteiger partial charge in [-0.15, -0.1) is 0 Å². The van der Waals surface area contributed by atoms with E-state index in [2.05, 4.69) is 20.1 Å². The molecule has 1 amide bonds. The summed E-state index contributed by atoms with van der Waals surface area (Å²) in [5, 5.41) is 8.04. The highest BCUT2D eigenvalue weighted by atomic mass is 16.5. The number of aryl methyl sites for hydroxylation is 1. The van der Waals surface area contributed by atoms with Crippen LogP contribution in [0, 0.1) is 6.92 Å². The van der Waals surface area contributed by atoms with Crippen LogP contribution in [-0.4, -0.2) is 46.3 Å². The van der Waals surface area contributed by atoms with Crippen molar-refractivity contribution in [3.63, 3.8) is 0 Å². The van der Waals surface area contributed by atoms with Crippen LogP contribution in [-0.2, 0) is 14.3 Å². The number of aromatic nitrogens is 3. The molecule has 0 saturated carbocycles. The fraction of sp³-hybridized carbons (Fsp3) is 0.148. The molecule has 0 atom stereocenters. The Balaban J connectivity index is 1.65. The quantitative estimate of drug-likeness (QED) is 0.307. The lowest BCUT2D eigenvalue weighted by Gasteiger charge is -2.11. The summed E-state index contributed by atoms with van der Waals surface area (Å²) >= 11 is 0. The van der Waals surface area contributed by atoms with E-state index in [9.17, 15) is 14.4 Å². The Morgan fingerprint density at radius 1 is 1.06 bits per heavy atom. The number of hydrogen-bond donors (Lipinski definition) is 1. The van der Waals surface area contributed by atoms with Gasteiger partial charge in [-0.1, -0.05) is 30.3 Å². The molecule has 1 N–H and O–H groups in total. The number of esters is 2. The zero-order valence-electron chi connectivity index (χ0n) is 20.0. The Morgan fingerprint density at radius 3 is 2.53 bits per heavy atom. The largest absolute Gasteiger partial charge is 0.465 e. The Labute approximate surface area is 207 Å². The Hall–Kier alpha value is -4.79. The van der Waals surface area contributed by atoms with Gasteiger partial charge in [0, 0.05) is 11.5 Å². The predicted octanol–water partition coefficient (Wildman–Crippen LogP) is 4.34. The van der Waals surface area contributed by atoms with Gasteiger partial charge in [-0.3, -0.25) is 4.79 Å². The molecule has 0 radical (unpaired) electrons. The topological polar surface area (TPSA) is 112 Å². The van der Waals surface area contributed by atoms with Crippen molar-refractivity contribution >= 4 is 40.6 Å². The number of pyridine rings is 1. The number of carbonyl (C=O) groups is 3. The Kier molecular flexibility index (Phi) is 7.20. The predicted molar refractivity (Wildman–Crippen MR) is 135 cm³/mol. The summed E-state index contributed by atoms with van der Waals surface area (Å²) in [6, 6.07) is 16.1. The second kappa shape index (κ2) is 10.6. The van der Waals surface area contributed by atoms with Gasteiger partial charge in [-0.2, -0.15) is 9.78 Å². The summed E-state index contributed by atoms with van der Waals surface area (Å²) in [4.78, 5) is 41.6. The second-order valence-electron chi connectivity index (χ2n) is 7.79. The minimum absolute atomic E-state index is 0.105. The van der Waals surface area contributed by atoms with Crippen LogP contribution in [0.5, 0.6) is 0 Å². The van der Waals surface area contributed by atoms with E-state index in [-0.39, 0.29) is 18.0 Å². The van der Waals surface area contributed by atoms with E-state index >= 15 is 0 Å². The van der Waals surface area contributed by atoms with E-state index in [1.807, 2.05) is 37.3 Å². The molecule has 0 aliphatic carbocycles. The third kappa shape index (κ3) is 5.15. The number of nitrogens with one attached hydrogen (secondary N) is 1. The molecule has 0 aliphatic heterocycles. The number of carbonyl (C=O) groups excluding carboxylic acids is 3. The molecule has 0 unspecified atom stereocenters. The number of ether oxygens (including phenoxy) is 2. The Bertz CT molecular complexity index is 1470. The van der Waals surface area contributed by atoms with E-state index in [0.29, 0.717) is 16.9 Å². The lowest BCUT2D eigenvalue weighted by molar-refractivity contribution is -0.111. The fourth-order valence-electron chi connectivity index (χ4n) is 3.62. The van der Waals surface area contributed by atoms with Crippen molar-refractivity contribution in [3.05, 3.63) is 89.1 Å². The summed E-state index contributed by atoms with van der Waals surface area (Å²) in [5.74, 6) is -0.956. The third-order valence-electron chi connectivity index (χ3n) is 5.39. The van der Waals surface area contributed by atoms with Crippen molar-refractivity contribution in [1.82, 2.24) is 14.8 Å². The maximum Gasteiger partial charge on any atom is 0.343 e. The standard InChI is InChI=1S/C27H24N4O5/c1-4-36-27(34)21-16-28-31(23-15-17(2)20-7-5-6-8-22(20)29-23)25(21)30-24(32)14-11-18-9-12-19(13-10-18)26(33)35-3/h5-16H,4H2,1-3H3,(H,30,32)/b14-11+. The fourth-order valence-corrected chi connectivity index (χ4v) is 3.62. The highest BCUT2D eigenvalue weighted by Crippen LogP contribution is 2.24. The van der Waals surface area contributed by atoms with Crippen molar-refractivity contribution in [1.29, 1.82) is 0 Å². The number of rotatable bonds is 7. The summed E-state index contributed by atoms with van der Waals surface area (Å²) < 4.78 is 11.2. The highest BCUT2D eigenvalue weighted by Gasteiger charge is 2.22. The second-order valence-corrected chi connectivity index (χ2v) is 7.79. The molecule has 2 aromatic heterocycles. The summed E-state index contributed by atoms with van der Waals surface area (Å²) in [6.45, 7) is 3.82. The molecule has 0 bridgehead atoms. The van der Waals surface area contributed by atoms with Gasteiger partial charge in [-0.25, -0.2) is 14.6 Å². The number of anilines is 1. The first-order valence-corrected chi connectivity index (χ1v) is 11.2. The van der Waals surface area contributed by atoms with Gasteiger partial charge >= 0.3 is 11.9 Å². The van der Waals surface area contributed by atoms with E-state index < -0.39 is 17.8 Å². The molecule has 9 heteroatoms. The average molecular weight is 485 g/mol. The molecule has 0 aliphatic rings. The molecule has 0 fully saturated rings. The van der Waals surface area contributed by atoms with Gasteiger partial charge in [0.15, 0.2) is 11.6 Å². The van der Waals surface area contributed by atoms with Gasteiger partial charge in [0.1, 0.15) is 5.56 Å². The number of fused-ring (bicyclic) bond motifs is 1. The number of nitrogens with zero attached hydrogens (tertiary/aromatic N) is 3. The van der Waals surface area contributed by atoms with Crippen molar-refractivity contribution in [3.8, 4) is 5.82 Å². The lowest BCUT2D eigenvalue weighted by Crippen LogP contribution is -2.16. The first-order chi connectivity index (χ1) is 17.4. The number of hydrogen-bond acceptors (Lipinski definition) is 7. The molecule has 36 heavy (non-hydrogen) atoms. The summed E-state index contributed by atoms with van der Waals surface area (Å²) in [5.41, 5.74) is 2.93. The van der Waals surface area contributed by atoms with Crippen molar-refractivity contribution in [2.45, 2.75) is 13.8 Å². The number of para-hydroxylation sites is 1. The lowest BCUT2D eigenvalue weighted by atomic mass is 10.1. The van der Waals surface area contributed by atoms with Crippen LogP contribution < -0.4 is 5.32 Å². The number of benzene rings is 2. The van der Waals surface area contributed by atoms with E-state index in [0.717, 1.165) is 16.5 Å². The van der Waals surface area contributed by atoms with Crippen LogP contribution in [0.15, 0.2) is 66.9 Å². The molecular weight excluding hydrogens is 460 g/mol. The Morgan fingerprint density at radius 2 is 1.81 bits per heavy atom. The molecule has 182 valence electrons. The van der Waals surface area contributed by atoms with Gasteiger partial charge in [0.2, 0.25) is 5.91 Å². The first kappa shape index (κ1) is 24.3. The summed E-state index contributed by atoms with van der Waals surface area (Å²) in [6.07, 6.45) is 4.24. The van der Waals surface area contributed by atoms with Crippen LogP contribution in [0.4, 0.5) is 5.82 Å². The molecule has 2 aromatic carbocycles. The molecule has 4 rings (SSSR count). The van der Waals surface area contributed by atoms with E-state index in [1.165, 1.54) is 24.1 Å². The SMILES string of the molecule is CCOC(=O)c1cnn(-c2cc(C)c3ccccc3n2)c1NC(=O)/C=C/c1ccc(C(=O)OC)cc1. The van der Waals surface area contributed by atoms with Crippen LogP contribution >= 0.6 is 0 Å². The van der Waals surface area contributed by atoms with E-state index in [4.69, 9.17) is 4.74 Å². The zero-order valence-corrected chi connectivity index (χ0v) is 20.0. The van der Waals surface area contributed by atoms with Crippen molar-refractivity contribution < 1.29 is 23.9 Å². The highest BCUT2D eigenvalue weighted by molar-refractivity contribution is 6.06. The molecule has 4 aromatic rings. The number of methoxy groups -OCH3 is 1. The van der Waals surface area contributed by atoms with Gasteiger partial charge in [0.05, 0.1) is 31.0 Å². The molecule has 0 spiro atoms. The molecular formula is C27H24N4O5. The van der Waals surface area contributed by atoms with Crippen LogP contribution in [0.2, 0.25) is 0 Å². The summed E-state index contributed by atoms with van der Waals surface area (Å²) in [7, 11) is 1.31. The first-order valence-electron chi connectivity index (χ1n) is 11.2. The smallest absolute Gasteiger partial charge is 0.343 e. The van der Waals surface area contributed by atoms with Crippen molar-refractivity contribution in [2.24, 2.45) is 0 Å². The minimum Gasteiger partial charge on any atom is -0.465 e. The number of amides is 1. The average Bonchev–Trinajstić information content (AvgIpc) is 3.31. The van der Waals surface area contributed by atoms with Crippen LogP contribution in [0.3, 0.4) is 0 Å². The van der Waals surface area contributed by atoms with Gasteiger partial charge in [0.25, 0.3) is 0 Å². The monoisotopic (exact) mass is 484 g/mol. The third-order valence-corrected chi connectivity index (χ3v) is 5.39. The van der Waals surface area contributed by atoms with Crippen molar-refractivity contribution in [2.75, 3.05) is 19.0 Å². The van der Waals surface area contributed by atoms with Crippen LogP contribution in [0.1, 0.15) is 38.8 Å². The maximum atomic E-state index is 12.8. The minimum atomic E-state index is -0.612. The zero-order chi connectivity index (χ0) is 25.7.